The van der Waals surface area contributed by atoms with Crippen molar-refractivity contribution in [3.05, 3.63) is 58.6 Å². The van der Waals surface area contributed by atoms with Crippen LogP contribution in [0.3, 0.4) is 0 Å². The van der Waals surface area contributed by atoms with Crippen molar-refractivity contribution >= 4 is 23.2 Å². The van der Waals surface area contributed by atoms with Gasteiger partial charge in [0.05, 0.1) is 11.5 Å². The fourth-order valence-corrected chi connectivity index (χ4v) is 2.34. The molecule has 2 aromatic rings. The van der Waals surface area contributed by atoms with Crippen molar-refractivity contribution in [1.82, 2.24) is 5.32 Å². The summed E-state index contributed by atoms with van der Waals surface area (Å²) in [5.74, 6) is -0.612. The lowest BCUT2D eigenvalue weighted by Gasteiger charge is -2.26. The molecule has 0 aliphatic carbocycles. The summed E-state index contributed by atoms with van der Waals surface area (Å²) in [5, 5.41) is 15.5. The molecule has 1 unspecified atom stereocenters. The van der Waals surface area contributed by atoms with Crippen molar-refractivity contribution in [2.45, 2.75) is 6.10 Å². The number of anilines is 1. The molecule has 0 saturated heterocycles. The molecule has 0 spiro atoms. The summed E-state index contributed by atoms with van der Waals surface area (Å²) < 4.78 is 11.2. The molecular formula is C17H15N3O6. The first-order chi connectivity index (χ1) is 12.5. The Morgan fingerprint density at radius 2 is 1.88 bits per heavy atom. The van der Waals surface area contributed by atoms with E-state index in [1.54, 1.807) is 18.2 Å². The van der Waals surface area contributed by atoms with E-state index in [0.717, 1.165) is 0 Å². The molecule has 2 aromatic carbocycles. The van der Waals surface area contributed by atoms with Crippen molar-refractivity contribution in [3.8, 4) is 11.5 Å². The molecule has 0 fully saturated rings. The number of hydrogen-bond acceptors (Lipinski definition) is 6. The maximum absolute atomic E-state index is 11.9. The molecule has 1 heterocycles. The molecule has 9 nitrogen and oxygen atoms in total. The Bertz CT molecular complexity index is 854. The highest BCUT2D eigenvalue weighted by molar-refractivity contribution is 6.39. The smallest absolute Gasteiger partial charge is 0.313 e. The second-order valence-electron chi connectivity index (χ2n) is 5.47. The third kappa shape index (κ3) is 4.07. The number of benzene rings is 2. The molecule has 0 saturated carbocycles. The van der Waals surface area contributed by atoms with Gasteiger partial charge in [0, 0.05) is 17.8 Å². The van der Waals surface area contributed by atoms with Gasteiger partial charge in [-0.15, -0.1) is 0 Å². The molecule has 26 heavy (non-hydrogen) atoms. The van der Waals surface area contributed by atoms with E-state index in [-0.39, 0.29) is 24.5 Å². The number of amides is 2. The molecule has 134 valence electrons. The van der Waals surface area contributed by atoms with Crippen LogP contribution in [0.15, 0.2) is 48.5 Å². The number of fused-ring (bicyclic) bond motifs is 1. The molecule has 0 radical (unpaired) electrons. The molecule has 0 bridgehead atoms. The van der Waals surface area contributed by atoms with Crippen molar-refractivity contribution in [2.75, 3.05) is 18.5 Å². The van der Waals surface area contributed by atoms with Crippen molar-refractivity contribution < 1.29 is 24.0 Å². The average Bonchev–Trinajstić information content (AvgIpc) is 2.66. The summed E-state index contributed by atoms with van der Waals surface area (Å²) in [5.41, 5.74) is -0.0276. The third-order valence-electron chi connectivity index (χ3n) is 3.58. The van der Waals surface area contributed by atoms with Gasteiger partial charge >= 0.3 is 11.8 Å². The van der Waals surface area contributed by atoms with Crippen LogP contribution in [0.4, 0.5) is 11.4 Å². The van der Waals surface area contributed by atoms with E-state index < -0.39 is 22.8 Å². The minimum atomic E-state index is -0.928. The van der Waals surface area contributed by atoms with E-state index in [9.17, 15) is 19.7 Å². The highest BCUT2D eigenvalue weighted by Gasteiger charge is 2.23. The summed E-state index contributed by atoms with van der Waals surface area (Å²) in [4.78, 5) is 33.9. The number of nitrogens with zero attached hydrogens (tertiary/aromatic N) is 1. The quantitative estimate of drug-likeness (QED) is 0.486. The zero-order valence-corrected chi connectivity index (χ0v) is 13.5. The number of para-hydroxylation sites is 2. The predicted octanol–water partition coefficient (Wildman–Crippen LogP) is 1.49. The first-order valence-electron chi connectivity index (χ1n) is 7.75. The second-order valence-corrected chi connectivity index (χ2v) is 5.47. The molecule has 9 heteroatoms. The van der Waals surface area contributed by atoms with Gasteiger partial charge in [0.15, 0.2) is 11.5 Å². The van der Waals surface area contributed by atoms with Crippen LogP contribution in [0.2, 0.25) is 0 Å². The van der Waals surface area contributed by atoms with Crippen molar-refractivity contribution in [2.24, 2.45) is 0 Å². The van der Waals surface area contributed by atoms with E-state index in [1.165, 1.54) is 24.3 Å². The second kappa shape index (κ2) is 7.51. The molecule has 3 rings (SSSR count). The van der Waals surface area contributed by atoms with Gasteiger partial charge in [0.25, 0.3) is 5.69 Å². The number of nitro groups is 1. The van der Waals surface area contributed by atoms with E-state index in [2.05, 4.69) is 10.6 Å². The number of nitrogens with one attached hydrogen (secondary N) is 2. The molecule has 1 aliphatic heterocycles. The number of hydrogen-bond donors (Lipinski definition) is 2. The lowest BCUT2D eigenvalue weighted by molar-refractivity contribution is -0.384. The monoisotopic (exact) mass is 357 g/mol. The summed E-state index contributed by atoms with van der Waals surface area (Å²) in [6.07, 6.45) is -0.431. The van der Waals surface area contributed by atoms with Gasteiger partial charge in [-0.2, -0.15) is 0 Å². The molecule has 2 N–H and O–H groups in total. The van der Waals surface area contributed by atoms with Crippen molar-refractivity contribution in [3.63, 3.8) is 0 Å². The fourth-order valence-electron chi connectivity index (χ4n) is 2.34. The van der Waals surface area contributed by atoms with E-state index in [0.29, 0.717) is 11.5 Å². The van der Waals surface area contributed by atoms with Crippen LogP contribution in [0.1, 0.15) is 0 Å². The van der Waals surface area contributed by atoms with Gasteiger partial charge in [0.2, 0.25) is 0 Å². The minimum absolute atomic E-state index is 0.0789. The number of nitro benzene ring substituents is 1. The Balaban J connectivity index is 1.51. The van der Waals surface area contributed by atoms with Crippen LogP contribution < -0.4 is 20.1 Å². The third-order valence-corrected chi connectivity index (χ3v) is 3.58. The Morgan fingerprint density at radius 3 is 2.65 bits per heavy atom. The number of carbonyl (C=O) groups is 2. The number of non-ortho nitro benzene ring substituents is 1. The standard InChI is InChI=1S/C17H15N3O6/c21-16(17(22)19-11-4-3-5-12(8-11)20(23)24)18-9-13-10-25-14-6-1-2-7-15(14)26-13/h1-8,13H,9-10H2,(H,18,21)(H,19,22). The highest BCUT2D eigenvalue weighted by Crippen LogP contribution is 2.30. The first-order valence-corrected chi connectivity index (χ1v) is 7.75. The summed E-state index contributed by atoms with van der Waals surface area (Å²) in [6.45, 7) is 0.319. The maximum atomic E-state index is 11.9. The molecule has 2 amide bonds. The normalized spacial score (nSPS) is 15.0. The van der Waals surface area contributed by atoms with E-state index in [1.807, 2.05) is 6.07 Å². The van der Waals surface area contributed by atoms with Crippen LogP contribution in [0, 0.1) is 10.1 Å². The topological polar surface area (TPSA) is 120 Å². The zero-order valence-electron chi connectivity index (χ0n) is 13.5. The molecule has 1 atom stereocenters. The Morgan fingerprint density at radius 1 is 1.12 bits per heavy atom. The maximum Gasteiger partial charge on any atom is 0.313 e. The van der Waals surface area contributed by atoms with Gasteiger partial charge in [-0.05, 0) is 18.2 Å². The van der Waals surface area contributed by atoms with Crippen LogP contribution in [0.25, 0.3) is 0 Å². The van der Waals surface area contributed by atoms with Crippen LogP contribution >= 0.6 is 0 Å². The molecule has 0 aromatic heterocycles. The van der Waals surface area contributed by atoms with E-state index in [4.69, 9.17) is 9.47 Å². The Labute approximate surface area is 148 Å². The van der Waals surface area contributed by atoms with Gasteiger partial charge in [-0.1, -0.05) is 18.2 Å². The Hall–Kier alpha value is -3.62. The number of ether oxygens (including phenoxy) is 2. The fraction of sp³-hybridized carbons (Fsp3) is 0.176. The van der Waals surface area contributed by atoms with Gasteiger partial charge in [0.1, 0.15) is 12.7 Å². The molecule has 1 aliphatic rings. The van der Waals surface area contributed by atoms with E-state index >= 15 is 0 Å². The SMILES string of the molecule is O=C(NCC1COc2ccccc2O1)C(=O)Nc1cccc([N+](=O)[O-])c1. The average molecular weight is 357 g/mol. The largest absolute Gasteiger partial charge is 0.486 e. The number of carbonyl (C=O) groups excluding carboxylic acids is 2. The first kappa shape index (κ1) is 17.2. The van der Waals surface area contributed by atoms with Crippen LogP contribution in [0.5, 0.6) is 11.5 Å². The van der Waals surface area contributed by atoms with Crippen molar-refractivity contribution in [1.29, 1.82) is 0 Å². The number of rotatable bonds is 4. The molecular weight excluding hydrogens is 342 g/mol. The lowest BCUT2D eigenvalue weighted by atomic mass is 10.2. The van der Waals surface area contributed by atoms with Gasteiger partial charge < -0.3 is 20.1 Å². The predicted molar refractivity (Wildman–Crippen MR) is 91.1 cm³/mol. The lowest BCUT2D eigenvalue weighted by Crippen LogP contribution is -2.44. The Kier molecular flexibility index (Phi) is 4.97. The zero-order chi connectivity index (χ0) is 18.5. The van der Waals surface area contributed by atoms with Crippen LogP contribution in [-0.4, -0.2) is 36.0 Å². The minimum Gasteiger partial charge on any atom is -0.486 e. The highest BCUT2D eigenvalue weighted by atomic mass is 16.6. The van der Waals surface area contributed by atoms with Gasteiger partial charge in [-0.25, -0.2) is 0 Å². The van der Waals surface area contributed by atoms with Gasteiger partial charge in [-0.3, -0.25) is 19.7 Å². The summed E-state index contributed by atoms with van der Waals surface area (Å²) in [7, 11) is 0. The summed E-state index contributed by atoms with van der Waals surface area (Å²) >= 11 is 0. The summed E-state index contributed by atoms with van der Waals surface area (Å²) in [6, 6.07) is 12.5. The van der Waals surface area contributed by atoms with Crippen LogP contribution in [-0.2, 0) is 9.59 Å².